The molecule has 0 radical (unpaired) electrons. The normalized spacial score (nSPS) is 14.5. The average molecular weight is 407 g/mol. The molecule has 0 atom stereocenters. The Hall–Kier alpha value is -3.63. The fraction of sp³-hybridized carbons (Fsp3) is 0. The molecule has 0 fully saturated rings. The minimum Gasteiger partial charge on any atom is -0.308 e. The first kappa shape index (κ1) is 17.2. The van der Waals surface area contributed by atoms with Crippen LogP contribution < -0.4 is 4.90 Å². The second-order valence-electron chi connectivity index (χ2n) is 7.51. The van der Waals surface area contributed by atoms with Crippen molar-refractivity contribution in [3.05, 3.63) is 103 Å². The van der Waals surface area contributed by atoms with Gasteiger partial charge in [0.25, 0.3) is 0 Å². The number of fused-ring (bicyclic) bond motifs is 4. The van der Waals surface area contributed by atoms with Gasteiger partial charge in [0.15, 0.2) is 0 Å². The Bertz CT molecular complexity index is 1520. The molecule has 1 heterocycles. The Kier molecular flexibility index (Phi) is 3.55. The highest BCUT2D eigenvalue weighted by Gasteiger charge is 2.34. The summed E-state index contributed by atoms with van der Waals surface area (Å²) in [5.74, 6) is 0. The summed E-state index contributed by atoms with van der Waals surface area (Å²) in [6.45, 7) is 0. The summed E-state index contributed by atoms with van der Waals surface area (Å²) < 4.78 is 26.4. The highest BCUT2D eigenvalue weighted by Crippen LogP contribution is 2.48. The standard InChI is InChI=1S/C26H17NO2S/c28-30(29)25-11-5-3-9-23(25)27(24-10-4-6-12-26(24)30)22-14-13-20-15-18-7-1-2-8-19(18)16-21(20)17-22/h1-17H. The quantitative estimate of drug-likeness (QED) is 0.288. The SMILES string of the molecule is O=S1(=O)c2ccccc2N(c2ccc3cc4ccccc4cc3c2)c2ccccc21. The van der Waals surface area contributed by atoms with E-state index in [0.29, 0.717) is 21.2 Å². The van der Waals surface area contributed by atoms with E-state index in [4.69, 9.17) is 0 Å². The Morgan fingerprint density at radius 3 is 1.63 bits per heavy atom. The van der Waals surface area contributed by atoms with Gasteiger partial charge in [0.1, 0.15) is 0 Å². The molecule has 1 aliphatic rings. The van der Waals surface area contributed by atoms with Crippen LogP contribution in [0, 0.1) is 0 Å². The van der Waals surface area contributed by atoms with E-state index in [1.165, 1.54) is 10.8 Å². The zero-order valence-electron chi connectivity index (χ0n) is 16.0. The first-order valence-electron chi connectivity index (χ1n) is 9.79. The van der Waals surface area contributed by atoms with Crippen molar-refractivity contribution >= 4 is 48.4 Å². The van der Waals surface area contributed by atoms with Gasteiger partial charge in [0.2, 0.25) is 9.84 Å². The van der Waals surface area contributed by atoms with E-state index in [9.17, 15) is 8.42 Å². The predicted octanol–water partition coefficient (Wildman–Crippen LogP) is 6.61. The molecule has 3 nitrogen and oxygen atoms in total. The molecule has 1 aliphatic heterocycles. The molecule has 0 amide bonds. The smallest absolute Gasteiger partial charge is 0.210 e. The van der Waals surface area contributed by atoms with Crippen LogP contribution in [0.2, 0.25) is 0 Å². The first-order chi connectivity index (χ1) is 14.6. The third-order valence-electron chi connectivity index (χ3n) is 5.74. The van der Waals surface area contributed by atoms with Crippen LogP contribution in [0.5, 0.6) is 0 Å². The van der Waals surface area contributed by atoms with E-state index < -0.39 is 9.84 Å². The van der Waals surface area contributed by atoms with Gasteiger partial charge in [0.05, 0.1) is 21.2 Å². The van der Waals surface area contributed by atoms with Gasteiger partial charge in [-0.3, -0.25) is 0 Å². The minimum absolute atomic E-state index is 0.335. The Morgan fingerprint density at radius 2 is 1.00 bits per heavy atom. The third kappa shape index (κ3) is 2.41. The topological polar surface area (TPSA) is 37.4 Å². The van der Waals surface area contributed by atoms with E-state index >= 15 is 0 Å². The summed E-state index contributed by atoms with van der Waals surface area (Å²) in [5.41, 5.74) is 2.29. The molecule has 0 N–H and O–H groups in total. The van der Waals surface area contributed by atoms with Crippen LogP contribution in [0.15, 0.2) is 113 Å². The number of hydrogen-bond donors (Lipinski definition) is 0. The molecule has 0 unspecified atom stereocenters. The van der Waals surface area contributed by atoms with Crippen LogP contribution in [-0.2, 0) is 9.84 Å². The molecule has 0 bridgehead atoms. The Labute approximate surface area is 174 Å². The molecule has 6 rings (SSSR count). The number of anilines is 3. The van der Waals surface area contributed by atoms with Crippen molar-refractivity contribution in [2.45, 2.75) is 9.79 Å². The summed E-state index contributed by atoms with van der Waals surface area (Å²) in [6, 6.07) is 33.4. The van der Waals surface area contributed by atoms with Crippen LogP contribution in [0.1, 0.15) is 0 Å². The van der Waals surface area contributed by atoms with Crippen molar-refractivity contribution in [2.75, 3.05) is 4.90 Å². The van der Waals surface area contributed by atoms with Crippen molar-refractivity contribution in [3.63, 3.8) is 0 Å². The van der Waals surface area contributed by atoms with Crippen molar-refractivity contribution in [1.29, 1.82) is 0 Å². The lowest BCUT2D eigenvalue weighted by atomic mass is 10.0. The minimum atomic E-state index is -3.56. The fourth-order valence-electron chi connectivity index (χ4n) is 4.33. The summed E-state index contributed by atoms with van der Waals surface area (Å²) in [4.78, 5) is 2.71. The molecule has 0 saturated carbocycles. The zero-order valence-corrected chi connectivity index (χ0v) is 16.8. The fourth-order valence-corrected chi connectivity index (χ4v) is 5.95. The Morgan fingerprint density at radius 1 is 0.500 bits per heavy atom. The number of nitrogens with zero attached hydrogens (tertiary/aromatic N) is 1. The van der Waals surface area contributed by atoms with Crippen molar-refractivity contribution in [1.82, 2.24) is 0 Å². The predicted molar refractivity (Wildman–Crippen MR) is 122 cm³/mol. The molecule has 5 aromatic rings. The van der Waals surface area contributed by atoms with Crippen molar-refractivity contribution in [3.8, 4) is 0 Å². The maximum absolute atomic E-state index is 13.2. The molecule has 0 aliphatic carbocycles. The highest BCUT2D eigenvalue weighted by atomic mass is 32.2. The monoisotopic (exact) mass is 407 g/mol. The number of hydrogen-bond acceptors (Lipinski definition) is 3. The maximum Gasteiger partial charge on any atom is 0.210 e. The van der Waals surface area contributed by atoms with Gasteiger partial charge in [-0.2, -0.15) is 0 Å². The van der Waals surface area contributed by atoms with Gasteiger partial charge in [-0.1, -0.05) is 54.6 Å². The van der Waals surface area contributed by atoms with Gasteiger partial charge < -0.3 is 4.90 Å². The lowest BCUT2D eigenvalue weighted by molar-refractivity contribution is 0.595. The molecule has 30 heavy (non-hydrogen) atoms. The number of benzene rings is 5. The molecule has 5 aromatic carbocycles. The van der Waals surface area contributed by atoms with E-state index in [1.807, 2.05) is 41.3 Å². The van der Waals surface area contributed by atoms with Gasteiger partial charge in [-0.15, -0.1) is 0 Å². The van der Waals surface area contributed by atoms with E-state index in [-0.39, 0.29) is 0 Å². The molecular formula is C26H17NO2S. The van der Waals surface area contributed by atoms with E-state index in [0.717, 1.165) is 16.5 Å². The van der Waals surface area contributed by atoms with Crippen LogP contribution in [0.25, 0.3) is 21.5 Å². The van der Waals surface area contributed by atoms with Crippen LogP contribution in [-0.4, -0.2) is 8.42 Å². The van der Waals surface area contributed by atoms with Gasteiger partial charge >= 0.3 is 0 Å². The number of rotatable bonds is 1. The van der Waals surface area contributed by atoms with E-state index in [1.54, 1.807) is 24.3 Å². The van der Waals surface area contributed by atoms with Crippen molar-refractivity contribution in [2.24, 2.45) is 0 Å². The molecule has 0 aromatic heterocycles. The highest BCUT2D eigenvalue weighted by molar-refractivity contribution is 7.92. The Balaban J connectivity index is 1.64. The molecule has 0 saturated heterocycles. The average Bonchev–Trinajstić information content (AvgIpc) is 2.78. The van der Waals surface area contributed by atoms with Gasteiger partial charge in [-0.05, 0) is 70.1 Å². The van der Waals surface area contributed by atoms with Crippen LogP contribution >= 0.6 is 0 Å². The molecule has 0 spiro atoms. The second kappa shape index (κ2) is 6.18. The van der Waals surface area contributed by atoms with E-state index in [2.05, 4.69) is 42.5 Å². The largest absolute Gasteiger partial charge is 0.308 e. The summed E-state index contributed by atoms with van der Waals surface area (Å²) in [5, 5.41) is 4.67. The number of sulfone groups is 1. The summed E-state index contributed by atoms with van der Waals surface area (Å²) >= 11 is 0. The lowest BCUT2D eigenvalue weighted by Gasteiger charge is -2.33. The van der Waals surface area contributed by atoms with Crippen molar-refractivity contribution < 1.29 is 8.42 Å². The summed E-state index contributed by atoms with van der Waals surface area (Å²) in [7, 11) is -3.56. The van der Waals surface area contributed by atoms with Crippen LogP contribution in [0.3, 0.4) is 0 Å². The van der Waals surface area contributed by atoms with Gasteiger partial charge in [-0.25, -0.2) is 8.42 Å². The summed E-state index contributed by atoms with van der Waals surface area (Å²) in [6.07, 6.45) is 0. The first-order valence-corrected chi connectivity index (χ1v) is 11.3. The molecule has 144 valence electrons. The number of para-hydroxylation sites is 2. The zero-order chi connectivity index (χ0) is 20.3. The third-order valence-corrected chi connectivity index (χ3v) is 7.59. The molecule has 4 heteroatoms. The van der Waals surface area contributed by atoms with Crippen LogP contribution in [0.4, 0.5) is 17.1 Å². The second-order valence-corrected chi connectivity index (χ2v) is 9.39. The van der Waals surface area contributed by atoms with Gasteiger partial charge in [0, 0.05) is 5.69 Å². The molecular weight excluding hydrogens is 390 g/mol. The maximum atomic E-state index is 13.2. The lowest BCUT2D eigenvalue weighted by Crippen LogP contribution is -2.21.